The fraction of sp³-hybridized carbons (Fsp3) is 0.235. The third-order valence-electron chi connectivity index (χ3n) is 3.26. The smallest absolute Gasteiger partial charge is 0.256 e. The number of para-hydroxylation sites is 1. The van der Waals surface area contributed by atoms with Gasteiger partial charge in [0.2, 0.25) is 0 Å². The first kappa shape index (κ1) is 15.6. The molecule has 4 heteroatoms. The van der Waals surface area contributed by atoms with Crippen LogP contribution < -0.4 is 11.1 Å². The molecule has 2 aromatic rings. The van der Waals surface area contributed by atoms with Crippen LogP contribution in [0.1, 0.15) is 36.7 Å². The van der Waals surface area contributed by atoms with E-state index in [0.29, 0.717) is 15.7 Å². The molecule has 0 fully saturated rings. The van der Waals surface area contributed by atoms with Crippen LogP contribution in [-0.4, -0.2) is 5.91 Å². The van der Waals surface area contributed by atoms with Crippen molar-refractivity contribution >= 4 is 33.2 Å². The number of benzene rings is 2. The summed E-state index contributed by atoms with van der Waals surface area (Å²) in [6.45, 7) is 6.36. The summed E-state index contributed by atoms with van der Waals surface area (Å²) < 4.78 is 0.621. The molecule has 110 valence electrons. The largest absolute Gasteiger partial charge is 0.398 e. The number of carbonyl (C=O) groups is 1. The molecule has 0 atom stereocenters. The molecule has 0 radical (unpaired) electrons. The summed E-state index contributed by atoms with van der Waals surface area (Å²) in [7, 11) is 0. The quantitative estimate of drug-likeness (QED) is 0.781. The number of nitrogens with two attached hydrogens (primary N) is 1. The number of nitrogen functional groups attached to an aromatic ring is 1. The predicted octanol–water partition coefficient (Wildman–Crippen LogP) is 4.58. The lowest BCUT2D eigenvalue weighted by atomic mass is 9.86. The highest BCUT2D eigenvalue weighted by Gasteiger charge is 2.19. The third-order valence-corrected chi connectivity index (χ3v) is 4.14. The fourth-order valence-electron chi connectivity index (χ4n) is 2.16. The minimum absolute atomic E-state index is 0.0448. The van der Waals surface area contributed by atoms with E-state index in [1.165, 1.54) is 0 Å². The monoisotopic (exact) mass is 346 g/mol. The predicted molar refractivity (Wildman–Crippen MR) is 91.6 cm³/mol. The zero-order chi connectivity index (χ0) is 15.6. The van der Waals surface area contributed by atoms with E-state index in [9.17, 15) is 4.79 Å². The Morgan fingerprint density at radius 2 is 1.76 bits per heavy atom. The molecule has 0 bridgehead atoms. The first-order valence-corrected chi connectivity index (χ1v) is 7.55. The van der Waals surface area contributed by atoms with Gasteiger partial charge in [-0.1, -0.05) is 45.0 Å². The molecule has 0 unspecified atom stereocenters. The Labute approximate surface area is 133 Å². The summed E-state index contributed by atoms with van der Waals surface area (Å²) in [5.74, 6) is -0.175. The molecule has 21 heavy (non-hydrogen) atoms. The zero-order valence-corrected chi connectivity index (χ0v) is 14.0. The van der Waals surface area contributed by atoms with E-state index < -0.39 is 0 Å². The number of amides is 1. The van der Waals surface area contributed by atoms with E-state index in [4.69, 9.17) is 5.73 Å². The molecule has 3 nitrogen and oxygen atoms in total. The van der Waals surface area contributed by atoms with E-state index in [0.717, 1.165) is 11.3 Å². The highest BCUT2D eigenvalue weighted by molar-refractivity contribution is 9.10. The van der Waals surface area contributed by atoms with Crippen LogP contribution in [0.5, 0.6) is 0 Å². The Bertz CT molecular complexity index is 675. The van der Waals surface area contributed by atoms with Crippen LogP contribution in [0.15, 0.2) is 46.9 Å². The van der Waals surface area contributed by atoms with Gasteiger partial charge in [0, 0.05) is 11.4 Å². The number of anilines is 2. The molecule has 2 rings (SSSR count). The summed E-state index contributed by atoms with van der Waals surface area (Å²) in [6, 6.07) is 13.1. The molecular formula is C17H19BrN2O. The second-order valence-corrected chi connectivity index (χ2v) is 6.75. The lowest BCUT2D eigenvalue weighted by molar-refractivity contribution is 0.102. The molecular weight excluding hydrogens is 328 g/mol. The van der Waals surface area contributed by atoms with Crippen LogP contribution in [0.4, 0.5) is 11.4 Å². The highest BCUT2D eigenvalue weighted by atomic mass is 79.9. The number of nitrogens with one attached hydrogen (secondary N) is 1. The Morgan fingerprint density at radius 3 is 2.43 bits per heavy atom. The van der Waals surface area contributed by atoms with Gasteiger partial charge in [-0.2, -0.15) is 0 Å². The maximum Gasteiger partial charge on any atom is 0.256 e. The van der Waals surface area contributed by atoms with Gasteiger partial charge < -0.3 is 11.1 Å². The van der Waals surface area contributed by atoms with E-state index in [1.54, 1.807) is 18.2 Å². The van der Waals surface area contributed by atoms with Gasteiger partial charge in [-0.05, 0) is 45.1 Å². The summed E-state index contributed by atoms with van der Waals surface area (Å²) in [4.78, 5) is 12.5. The summed E-state index contributed by atoms with van der Waals surface area (Å²) in [5.41, 5.74) is 8.77. The summed E-state index contributed by atoms with van der Waals surface area (Å²) in [6.07, 6.45) is 0. The number of halogens is 1. The van der Waals surface area contributed by atoms with E-state index >= 15 is 0 Å². The van der Waals surface area contributed by atoms with Gasteiger partial charge >= 0.3 is 0 Å². The minimum Gasteiger partial charge on any atom is -0.398 e. The first-order chi connectivity index (χ1) is 9.80. The van der Waals surface area contributed by atoms with Crippen molar-refractivity contribution < 1.29 is 4.79 Å². The normalized spacial score (nSPS) is 11.2. The molecule has 3 N–H and O–H groups in total. The fourth-order valence-corrected chi connectivity index (χ4v) is 2.61. The van der Waals surface area contributed by atoms with Gasteiger partial charge in [0.05, 0.1) is 10.0 Å². The van der Waals surface area contributed by atoms with Crippen LogP contribution in [0.2, 0.25) is 0 Å². The molecule has 1 amide bonds. The number of hydrogen-bond donors (Lipinski definition) is 2. The van der Waals surface area contributed by atoms with Gasteiger partial charge in [-0.25, -0.2) is 0 Å². The molecule has 0 saturated carbocycles. The van der Waals surface area contributed by atoms with Crippen LogP contribution >= 0.6 is 15.9 Å². The molecule has 0 aliphatic carbocycles. The Hall–Kier alpha value is -1.81. The molecule has 0 aliphatic heterocycles. The van der Waals surface area contributed by atoms with Gasteiger partial charge in [-0.15, -0.1) is 0 Å². The van der Waals surface area contributed by atoms with Gasteiger partial charge in [-0.3, -0.25) is 4.79 Å². The van der Waals surface area contributed by atoms with Crippen molar-refractivity contribution in [3.63, 3.8) is 0 Å². The second kappa shape index (κ2) is 5.90. The highest BCUT2D eigenvalue weighted by Crippen LogP contribution is 2.30. The molecule has 0 aliphatic rings. The molecule has 0 saturated heterocycles. The van der Waals surface area contributed by atoms with Crippen molar-refractivity contribution in [1.29, 1.82) is 0 Å². The lowest BCUT2D eigenvalue weighted by Gasteiger charge is -2.23. The standard InChI is InChI=1S/C17H19BrN2O/c1-17(2,3)12-8-4-5-10-14(12)20-16(21)11-7-6-9-13(19)15(11)18/h4-10H,19H2,1-3H3,(H,20,21). The van der Waals surface area contributed by atoms with Crippen LogP contribution in [-0.2, 0) is 5.41 Å². The molecule has 0 aromatic heterocycles. The average molecular weight is 347 g/mol. The average Bonchev–Trinajstić information content (AvgIpc) is 2.41. The SMILES string of the molecule is CC(C)(C)c1ccccc1NC(=O)c1cccc(N)c1Br. The van der Waals surface area contributed by atoms with Gasteiger partial charge in [0.1, 0.15) is 0 Å². The van der Waals surface area contributed by atoms with Crippen molar-refractivity contribution in [3.8, 4) is 0 Å². The van der Waals surface area contributed by atoms with Crippen LogP contribution in [0.25, 0.3) is 0 Å². The van der Waals surface area contributed by atoms with E-state index in [2.05, 4.69) is 42.0 Å². The van der Waals surface area contributed by atoms with E-state index in [-0.39, 0.29) is 11.3 Å². The van der Waals surface area contributed by atoms with Gasteiger partial charge in [0.15, 0.2) is 0 Å². The Morgan fingerprint density at radius 1 is 1.10 bits per heavy atom. The van der Waals surface area contributed by atoms with Crippen molar-refractivity contribution in [2.24, 2.45) is 0 Å². The molecule has 0 heterocycles. The van der Waals surface area contributed by atoms with Crippen molar-refractivity contribution in [2.45, 2.75) is 26.2 Å². The first-order valence-electron chi connectivity index (χ1n) is 6.75. The Balaban J connectivity index is 2.35. The topological polar surface area (TPSA) is 55.1 Å². The summed E-state index contributed by atoms with van der Waals surface area (Å²) in [5, 5.41) is 2.98. The van der Waals surface area contributed by atoms with Gasteiger partial charge in [0.25, 0.3) is 5.91 Å². The van der Waals surface area contributed by atoms with Crippen molar-refractivity contribution in [3.05, 3.63) is 58.1 Å². The minimum atomic E-state index is -0.175. The van der Waals surface area contributed by atoms with Crippen LogP contribution in [0, 0.1) is 0 Å². The van der Waals surface area contributed by atoms with Crippen LogP contribution in [0.3, 0.4) is 0 Å². The van der Waals surface area contributed by atoms with Crippen molar-refractivity contribution in [1.82, 2.24) is 0 Å². The molecule has 0 spiro atoms. The second-order valence-electron chi connectivity index (χ2n) is 5.96. The third kappa shape index (κ3) is 3.45. The zero-order valence-electron chi connectivity index (χ0n) is 12.4. The van der Waals surface area contributed by atoms with E-state index in [1.807, 2.05) is 24.3 Å². The van der Waals surface area contributed by atoms with Crippen molar-refractivity contribution in [2.75, 3.05) is 11.1 Å². The maximum atomic E-state index is 12.5. The molecule has 2 aromatic carbocycles. The lowest BCUT2D eigenvalue weighted by Crippen LogP contribution is -2.19. The number of carbonyl (C=O) groups excluding carboxylic acids is 1. The number of hydrogen-bond acceptors (Lipinski definition) is 2. The number of rotatable bonds is 2. The Kier molecular flexibility index (Phi) is 4.37. The summed E-state index contributed by atoms with van der Waals surface area (Å²) >= 11 is 3.37. The maximum absolute atomic E-state index is 12.5.